The second-order valence-electron chi connectivity index (χ2n) is 6.98. The van der Waals surface area contributed by atoms with Crippen LogP contribution in [0.5, 0.6) is 17.2 Å². The lowest BCUT2D eigenvalue weighted by atomic mass is 10.2. The van der Waals surface area contributed by atoms with Gasteiger partial charge in [-0.1, -0.05) is 17.7 Å². The molecule has 3 aromatic carbocycles. The van der Waals surface area contributed by atoms with E-state index in [-0.39, 0.29) is 23.0 Å². The Bertz CT molecular complexity index is 1330. The molecule has 0 aliphatic carbocycles. The number of rotatable bonds is 9. The van der Waals surface area contributed by atoms with Gasteiger partial charge in [0.25, 0.3) is 5.91 Å². The quantitative estimate of drug-likeness (QED) is 0.284. The second kappa shape index (κ2) is 11.0. The molecule has 0 aliphatic rings. The van der Waals surface area contributed by atoms with Crippen LogP contribution in [0.25, 0.3) is 0 Å². The summed E-state index contributed by atoms with van der Waals surface area (Å²) in [5.74, 6) is 0.144. The van der Waals surface area contributed by atoms with Gasteiger partial charge in [0, 0.05) is 0 Å². The van der Waals surface area contributed by atoms with Crippen molar-refractivity contribution < 1.29 is 26.9 Å². The fraction of sp³-hybridized carbons (Fsp3) is 0.125. The van der Waals surface area contributed by atoms with Gasteiger partial charge in [0.05, 0.1) is 25.0 Å². The first kappa shape index (κ1) is 24.3. The zero-order valence-corrected chi connectivity index (χ0v) is 19.2. The van der Waals surface area contributed by atoms with E-state index in [4.69, 9.17) is 18.9 Å². The summed E-state index contributed by atoms with van der Waals surface area (Å²) in [6.07, 6.45) is 1.36. The molecule has 10 heteroatoms. The van der Waals surface area contributed by atoms with E-state index in [1.54, 1.807) is 42.5 Å². The van der Waals surface area contributed by atoms with Crippen molar-refractivity contribution in [1.29, 1.82) is 5.26 Å². The Kier molecular flexibility index (Phi) is 7.84. The highest BCUT2D eigenvalue weighted by atomic mass is 32.2. The van der Waals surface area contributed by atoms with Crippen LogP contribution in [0.1, 0.15) is 16.7 Å². The summed E-state index contributed by atoms with van der Waals surface area (Å²) in [6, 6.07) is 19.1. The molecular formula is C24H21N3O6S. The van der Waals surface area contributed by atoms with Gasteiger partial charge in [0.2, 0.25) is 0 Å². The van der Waals surface area contributed by atoms with Crippen molar-refractivity contribution in [2.75, 3.05) is 13.7 Å². The minimum Gasteiger partial charge on any atom is -0.493 e. The van der Waals surface area contributed by atoms with Crippen LogP contribution in [0.2, 0.25) is 0 Å². The Balaban J connectivity index is 1.59. The molecule has 9 nitrogen and oxygen atoms in total. The summed E-state index contributed by atoms with van der Waals surface area (Å²) in [7, 11) is -2.66. The van der Waals surface area contributed by atoms with Gasteiger partial charge in [-0.25, -0.2) is 5.43 Å². The van der Waals surface area contributed by atoms with E-state index in [0.717, 1.165) is 5.56 Å². The van der Waals surface area contributed by atoms with E-state index in [0.29, 0.717) is 16.9 Å². The molecule has 174 valence electrons. The van der Waals surface area contributed by atoms with Crippen LogP contribution in [0.3, 0.4) is 0 Å². The molecule has 1 N–H and O–H groups in total. The summed E-state index contributed by atoms with van der Waals surface area (Å²) in [4.78, 5) is 11.9. The number of aryl methyl sites for hydroxylation is 1. The van der Waals surface area contributed by atoms with Gasteiger partial charge in [-0.15, -0.1) is 0 Å². The number of ether oxygens (including phenoxy) is 2. The van der Waals surface area contributed by atoms with E-state index in [2.05, 4.69) is 10.5 Å². The number of carbonyl (C=O) groups excluding carboxylic acids is 1. The highest BCUT2D eigenvalue weighted by Crippen LogP contribution is 2.30. The number of hydrogen-bond acceptors (Lipinski definition) is 8. The van der Waals surface area contributed by atoms with Crippen molar-refractivity contribution in [1.82, 2.24) is 5.43 Å². The molecule has 0 saturated heterocycles. The second-order valence-corrected chi connectivity index (χ2v) is 8.53. The van der Waals surface area contributed by atoms with E-state index in [1.807, 2.05) is 13.0 Å². The van der Waals surface area contributed by atoms with Gasteiger partial charge in [-0.3, -0.25) is 4.79 Å². The molecule has 3 aromatic rings. The van der Waals surface area contributed by atoms with Gasteiger partial charge in [-0.05, 0) is 67.1 Å². The highest BCUT2D eigenvalue weighted by molar-refractivity contribution is 7.87. The van der Waals surface area contributed by atoms with Crippen LogP contribution >= 0.6 is 0 Å². The summed E-state index contributed by atoms with van der Waals surface area (Å²) >= 11 is 0. The summed E-state index contributed by atoms with van der Waals surface area (Å²) in [5, 5.41) is 12.6. The highest BCUT2D eigenvalue weighted by Gasteiger charge is 2.19. The molecule has 1 amide bonds. The minimum absolute atomic E-state index is 0.0140. The molecule has 0 unspecified atom stereocenters. The van der Waals surface area contributed by atoms with E-state index in [9.17, 15) is 13.2 Å². The number of methoxy groups -OCH3 is 1. The SMILES string of the molecule is COc1cc(/C=N/NC(=O)COc2ccc(C#N)cc2)ccc1OS(=O)(=O)c1ccc(C)cc1. The lowest BCUT2D eigenvalue weighted by Gasteiger charge is -2.11. The number of hydrazone groups is 1. The van der Waals surface area contributed by atoms with Gasteiger partial charge < -0.3 is 13.7 Å². The Labute approximate surface area is 197 Å². The molecule has 0 fully saturated rings. The Hall–Kier alpha value is -4.36. The Morgan fingerprint density at radius 2 is 1.76 bits per heavy atom. The number of benzene rings is 3. The fourth-order valence-electron chi connectivity index (χ4n) is 2.69. The standard InChI is InChI=1S/C24H21N3O6S/c1-17-3-10-21(11-4-17)34(29,30)33-22-12-7-19(13-23(22)31-2)15-26-27-24(28)16-32-20-8-5-18(14-25)6-9-20/h3-13,15H,16H2,1-2H3,(H,27,28)/b26-15+. The van der Waals surface area contributed by atoms with Gasteiger partial charge in [0.15, 0.2) is 18.1 Å². The van der Waals surface area contributed by atoms with Crippen molar-refractivity contribution in [3.05, 3.63) is 83.4 Å². The minimum atomic E-state index is -4.04. The van der Waals surface area contributed by atoms with Crippen LogP contribution in [-0.4, -0.2) is 34.3 Å². The lowest BCUT2D eigenvalue weighted by molar-refractivity contribution is -0.123. The maximum atomic E-state index is 12.5. The topological polar surface area (TPSA) is 127 Å². The molecule has 0 aromatic heterocycles. The van der Waals surface area contributed by atoms with E-state index in [1.165, 1.54) is 37.6 Å². The molecule has 0 heterocycles. The maximum Gasteiger partial charge on any atom is 0.339 e. The van der Waals surface area contributed by atoms with Gasteiger partial charge in [-0.2, -0.15) is 18.8 Å². The number of nitrogens with zero attached hydrogens (tertiary/aromatic N) is 2. The zero-order chi connectivity index (χ0) is 24.6. The van der Waals surface area contributed by atoms with Crippen LogP contribution in [0.15, 0.2) is 76.7 Å². The van der Waals surface area contributed by atoms with Gasteiger partial charge >= 0.3 is 10.1 Å². The zero-order valence-electron chi connectivity index (χ0n) is 18.4. The van der Waals surface area contributed by atoms with Crippen molar-refractivity contribution in [3.63, 3.8) is 0 Å². The van der Waals surface area contributed by atoms with Crippen LogP contribution in [0, 0.1) is 18.3 Å². The molecule has 0 radical (unpaired) electrons. The third-order valence-electron chi connectivity index (χ3n) is 4.45. The van der Waals surface area contributed by atoms with Crippen molar-refractivity contribution in [2.24, 2.45) is 5.10 Å². The number of amides is 1. The third kappa shape index (κ3) is 6.57. The average molecular weight is 480 g/mol. The smallest absolute Gasteiger partial charge is 0.339 e. The maximum absolute atomic E-state index is 12.5. The Morgan fingerprint density at radius 1 is 1.06 bits per heavy atom. The first-order valence-corrected chi connectivity index (χ1v) is 11.4. The van der Waals surface area contributed by atoms with Crippen molar-refractivity contribution in [2.45, 2.75) is 11.8 Å². The number of nitriles is 1. The van der Waals surface area contributed by atoms with E-state index < -0.39 is 16.0 Å². The van der Waals surface area contributed by atoms with Crippen molar-refractivity contribution >= 4 is 22.2 Å². The lowest BCUT2D eigenvalue weighted by Crippen LogP contribution is -2.24. The van der Waals surface area contributed by atoms with Crippen molar-refractivity contribution in [3.8, 4) is 23.3 Å². The molecule has 0 saturated carbocycles. The first-order chi connectivity index (χ1) is 16.3. The third-order valence-corrected chi connectivity index (χ3v) is 5.70. The largest absolute Gasteiger partial charge is 0.493 e. The molecule has 0 bridgehead atoms. The molecule has 0 aliphatic heterocycles. The molecule has 3 rings (SSSR count). The summed E-state index contributed by atoms with van der Waals surface area (Å²) in [5.41, 5.74) is 4.27. The monoisotopic (exact) mass is 479 g/mol. The van der Waals surface area contributed by atoms with E-state index >= 15 is 0 Å². The predicted octanol–water partition coefficient (Wildman–Crippen LogP) is 3.17. The molecule has 0 atom stereocenters. The predicted molar refractivity (Wildman–Crippen MR) is 124 cm³/mol. The molecule has 34 heavy (non-hydrogen) atoms. The number of nitrogens with one attached hydrogen (secondary N) is 1. The summed E-state index contributed by atoms with van der Waals surface area (Å²) in [6.45, 7) is 1.58. The molecule has 0 spiro atoms. The number of hydrogen-bond donors (Lipinski definition) is 1. The van der Waals surface area contributed by atoms with Gasteiger partial charge in [0.1, 0.15) is 10.6 Å². The average Bonchev–Trinajstić information content (AvgIpc) is 2.84. The van der Waals surface area contributed by atoms with Crippen LogP contribution < -0.4 is 19.1 Å². The summed E-state index contributed by atoms with van der Waals surface area (Å²) < 4.78 is 40.9. The normalized spacial score (nSPS) is 11.0. The fourth-order valence-corrected chi connectivity index (χ4v) is 3.63. The molecular weight excluding hydrogens is 458 g/mol. The van der Waals surface area contributed by atoms with Crippen LogP contribution in [-0.2, 0) is 14.9 Å². The Morgan fingerprint density at radius 3 is 2.41 bits per heavy atom. The van der Waals surface area contributed by atoms with Crippen LogP contribution in [0.4, 0.5) is 0 Å². The first-order valence-electron chi connectivity index (χ1n) is 9.95. The number of carbonyl (C=O) groups is 1.